The van der Waals surface area contributed by atoms with Crippen molar-refractivity contribution in [2.75, 3.05) is 0 Å². The SMILES string of the molecule is Cn1c(S)c(S)c2c3ccccc3c3ccccc3c21. The number of hydrogen-bond donors (Lipinski definition) is 2. The van der Waals surface area contributed by atoms with Crippen LogP contribution in [0.15, 0.2) is 58.5 Å². The first-order valence-electron chi connectivity index (χ1n) is 6.50. The third kappa shape index (κ3) is 1.42. The molecule has 0 radical (unpaired) electrons. The van der Waals surface area contributed by atoms with E-state index in [4.69, 9.17) is 0 Å². The molecule has 3 heteroatoms. The van der Waals surface area contributed by atoms with Crippen molar-refractivity contribution in [2.45, 2.75) is 9.92 Å². The normalized spacial score (nSPS) is 11.8. The van der Waals surface area contributed by atoms with Crippen molar-refractivity contribution in [1.29, 1.82) is 0 Å². The number of rotatable bonds is 0. The second-order valence-corrected chi connectivity index (χ2v) is 5.92. The first kappa shape index (κ1) is 12.2. The number of aromatic nitrogens is 1. The zero-order valence-electron chi connectivity index (χ0n) is 11.0. The maximum Gasteiger partial charge on any atom is 0.0861 e. The van der Waals surface area contributed by atoms with Gasteiger partial charge in [0.05, 0.1) is 10.5 Å². The predicted octanol–water partition coefficient (Wildman–Crippen LogP) is 5.06. The van der Waals surface area contributed by atoms with E-state index in [-0.39, 0.29) is 0 Å². The van der Waals surface area contributed by atoms with Crippen LogP contribution in [0.3, 0.4) is 0 Å². The molecule has 1 heterocycles. The Hall–Kier alpha value is -1.58. The Kier molecular flexibility index (Phi) is 2.56. The summed E-state index contributed by atoms with van der Waals surface area (Å²) < 4.78 is 2.12. The van der Waals surface area contributed by atoms with Gasteiger partial charge in [-0.25, -0.2) is 0 Å². The van der Waals surface area contributed by atoms with Crippen LogP contribution in [0.5, 0.6) is 0 Å². The van der Waals surface area contributed by atoms with Crippen molar-refractivity contribution < 1.29 is 0 Å². The summed E-state index contributed by atoms with van der Waals surface area (Å²) in [5.74, 6) is 0. The van der Waals surface area contributed by atoms with Gasteiger partial charge < -0.3 is 4.57 Å². The fraction of sp³-hybridized carbons (Fsp3) is 0.0588. The van der Waals surface area contributed by atoms with Crippen LogP contribution >= 0.6 is 25.3 Å². The highest BCUT2D eigenvalue weighted by Gasteiger charge is 2.16. The van der Waals surface area contributed by atoms with Crippen molar-refractivity contribution in [3.63, 3.8) is 0 Å². The number of thiol groups is 2. The summed E-state index contributed by atoms with van der Waals surface area (Å²) in [5, 5.41) is 7.13. The minimum absolute atomic E-state index is 0.907. The molecule has 0 saturated carbocycles. The molecule has 0 bridgehead atoms. The zero-order valence-corrected chi connectivity index (χ0v) is 12.7. The van der Waals surface area contributed by atoms with E-state index >= 15 is 0 Å². The maximum absolute atomic E-state index is 4.69. The molecule has 98 valence electrons. The Bertz CT molecular complexity index is 904. The van der Waals surface area contributed by atoms with Gasteiger partial charge in [-0.15, -0.1) is 25.3 Å². The molecule has 4 rings (SSSR count). The summed E-state index contributed by atoms with van der Waals surface area (Å²) in [4.78, 5) is 0.952. The van der Waals surface area contributed by atoms with Crippen LogP contribution in [0.25, 0.3) is 32.4 Å². The molecule has 0 atom stereocenters. The van der Waals surface area contributed by atoms with E-state index in [0.717, 1.165) is 9.92 Å². The highest BCUT2D eigenvalue weighted by atomic mass is 32.1. The fourth-order valence-corrected chi connectivity index (χ4v) is 3.68. The lowest BCUT2D eigenvalue weighted by atomic mass is 9.98. The Morgan fingerprint density at radius 2 is 1.25 bits per heavy atom. The van der Waals surface area contributed by atoms with Gasteiger partial charge in [0, 0.05) is 22.7 Å². The Balaban J connectivity index is 2.50. The molecule has 1 nitrogen and oxygen atoms in total. The minimum atomic E-state index is 0.907. The quantitative estimate of drug-likeness (QED) is 0.330. The van der Waals surface area contributed by atoms with Gasteiger partial charge in [0.15, 0.2) is 0 Å². The highest BCUT2D eigenvalue weighted by molar-refractivity contribution is 7.83. The average molecular weight is 295 g/mol. The minimum Gasteiger partial charge on any atom is -0.338 e. The molecule has 0 spiro atoms. The van der Waals surface area contributed by atoms with Crippen molar-refractivity contribution >= 4 is 57.7 Å². The van der Waals surface area contributed by atoms with Crippen LogP contribution < -0.4 is 0 Å². The molecular formula is C17H13NS2. The third-order valence-electron chi connectivity index (χ3n) is 4.01. The molecule has 20 heavy (non-hydrogen) atoms. The van der Waals surface area contributed by atoms with E-state index in [1.165, 1.54) is 32.4 Å². The largest absolute Gasteiger partial charge is 0.338 e. The molecular weight excluding hydrogens is 282 g/mol. The topological polar surface area (TPSA) is 4.93 Å². The molecule has 1 aromatic heterocycles. The van der Waals surface area contributed by atoms with Gasteiger partial charge in [-0.1, -0.05) is 48.5 Å². The second-order valence-electron chi connectivity index (χ2n) is 5.05. The van der Waals surface area contributed by atoms with Gasteiger partial charge in [-0.3, -0.25) is 0 Å². The van der Waals surface area contributed by atoms with E-state index in [1.54, 1.807) is 0 Å². The van der Waals surface area contributed by atoms with Crippen molar-refractivity contribution in [2.24, 2.45) is 7.05 Å². The van der Waals surface area contributed by atoms with Crippen molar-refractivity contribution in [1.82, 2.24) is 4.57 Å². The number of benzene rings is 3. The molecule has 4 aromatic rings. The van der Waals surface area contributed by atoms with E-state index < -0.39 is 0 Å². The maximum atomic E-state index is 4.69. The number of fused-ring (bicyclic) bond motifs is 6. The Labute approximate surface area is 128 Å². The lowest BCUT2D eigenvalue weighted by Gasteiger charge is -2.08. The van der Waals surface area contributed by atoms with Gasteiger partial charge >= 0.3 is 0 Å². The molecule has 0 amide bonds. The molecule has 0 unspecified atom stereocenters. The smallest absolute Gasteiger partial charge is 0.0861 e. The van der Waals surface area contributed by atoms with Crippen molar-refractivity contribution in [3.05, 3.63) is 48.5 Å². The number of nitrogens with zero attached hydrogens (tertiary/aromatic N) is 1. The van der Waals surface area contributed by atoms with Gasteiger partial charge in [-0.05, 0) is 16.2 Å². The van der Waals surface area contributed by atoms with E-state index in [0.29, 0.717) is 0 Å². The van der Waals surface area contributed by atoms with Gasteiger partial charge in [0.25, 0.3) is 0 Å². The fourth-order valence-electron chi connectivity index (χ4n) is 3.09. The average Bonchev–Trinajstić information content (AvgIpc) is 2.73. The van der Waals surface area contributed by atoms with Gasteiger partial charge in [0.2, 0.25) is 0 Å². The Morgan fingerprint density at radius 3 is 1.90 bits per heavy atom. The summed E-state index contributed by atoms with van der Waals surface area (Å²) >= 11 is 9.30. The zero-order chi connectivity index (χ0) is 13.9. The summed E-state index contributed by atoms with van der Waals surface area (Å²) in [7, 11) is 2.05. The molecule has 0 aliphatic carbocycles. The predicted molar refractivity (Wildman–Crippen MR) is 92.4 cm³/mol. The number of hydrogen-bond acceptors (Lipinski definition) is 2. The lowest BCUT2D eigenvalue weighted by molar-refractivity contribution is 0.843. The number of aryl methyl sites for hydroxylation is 1. The first-order valence-corrected chi connectivity index (χ1v) is 7.39. The third-order valence-corrected chi connectivity index (χ3v) is 5.14. The first-order chi connectivity index (χ1) is 9.70. The monoisotopic (exact) mass is 295 g/mol. The van der Waals surface area contributed by atoms with Crippen LogP contribution in [0.2, 0.25) is 0 Å². The summed E-state index contributed by atoms with van der Waals surface area (Å²) in [6.07, 6.45) is 0. The lowest BCUT2D eigenvalue weighted by Crippen LogP contribution is -1.89. The van der Waals surface area contributed by atoms with E-state index in [1.807, 2.05) is 7.05 Å². The van der Waals surface area contributed by atoms with Gasteiger partial charge in [0.1, 0.15) is 0 Å². The Morgan fingerprint density at radius 1 is 0.750 bits per heavy atom. The molecule has 0 saturated heterocycles. The molecule has 3 aromatic carbocycles. The summed E-state index contributed by atoms with van der Waals surface area (Å²) in [6.45, 7) is 0. The van der Waals surface area contributed by atoms with E-state index in [9.17, 15) is 0 Å². The van der Waals surface area contributed by atoms with Crippen LogP contribution in [-0.4, -0.2) is 4.57 Å². The van der Waals surface area contributed by atoms with Crippen LogP contribution in [0, 0.1) is 0 Å². The highest BCUT2D eigenvalue weighted by Crippen LogP contribution is 2.41. The standard InChI is InChI=1S/C17H13NS2/c1-18-15-13-9-5-3-7-11(13)10-6-2-4-8-12(10)14(15)16(19)17(18)20/h2-9,19-20H,1H3. The van der Waals surface area contributed by atoms with E-state index in [2.05, 4.69) is 78.4 Å². The molecule has 0 aliphatic rings. The van der Waals surface area contributed by atoms with Gasteiger partial charge in [-0.2, -0.15) is 0 Å². The second kappa shape index (κ2) is 4.21. The van der Waals surface area contributed by atoms with Crippen LogP contribution in [0.1, 0.15) is 0 Å². The molecule has 0 fully saturated rings. The molecule has 0 aliphatic heterocycles. The van der Waals surface area contributed by atoms with Crippen LogP contribution in [0.4, 0.5) is 0 Å². The summed E-state index contributed by atoms with van der Waals surface area (Å²) in [5.41, 5.74) is 1.20. The van der Waals surface area contributed by atoms with Crippen LogP contribution in [-0.2, 0) is 7.05 Å². The van der Waals surface area contributed by atoms with Crippen molar-refractivity contribution in [3.8, 4) is 0 Å². The summed E-state index contributed by atoms with van der Waals surface area (Å²) in [6, 6.07) is 17.0. The molecule has 0 N–H and O–H groups in total.